The van der Waals surface area contributed by atoms with Gasteiger partial charge in [0.25, 0.3) is 0 Å². The zero-order valence-electron chi connectivity index (χ0n) is 10.4. The lowest BCUT2D eigenvalue weighted by Gasteiger charge is -2.21. The molecule has 1 amide bonds. The summed E-state index contributed by atoms with van der Waals surface area (Å²) in [6, 6.07) is 0. The molecule has 0 heterocycles. The highest BCUT2D eigenvalue weighted by Gasteiger charge is 2.60. The van der Waals surface area contributed by atoms with Crippen LogP contribution in [0.5, 0.6) is 0 Å². The maximum absolute atomic E-state index is 12.0. The highest BCUT2D eigenvalue weighted by atomic mass is 35.5. The minimum Gasteiger partial charge on any atom is -0.351 e. The maximum Gasteiger partial charge on any atom is 0.224 e. The van der Waals surface area contributed by atoms with Crippen LogP contribution in [0, 0.1) is 17.3 Å². The molecule has 0 saturated heterocycles. The monoisotopic (exact) mass is 263 g/mol. The Morgan fingerprint density at radius 1 is 1.31 bits per heavy atom. The predicted octanol–water partition coefficient (Wildman–Crippen LogP) is 3.49. The Morgan fingerprint density at radius 3 is 2.19 bits per heavy atom. The summed E-state index contributed by atoms with van der Waals surface area (Å²) in [4.78, 5) is 12.0. The Bertz CT molecular complexity index is 324. The van der Waals surface area contributed by atoms with Gasteiger partial charge in [0.1, 0.15) is 4.49 Å². The fraction of sp³-hybridized carbons (Fsp3) is 0.750. The van der Waals surface area contributed by atoms with Crippen molar-refractivity contribution in [1.82, 2.24) is 5.32 Å². The zero-order valence-corrected chi connectivity index (χ0v) is 11.9. The van der Waals surface area contributed by atoms with E-state index in [0.717, 1.165) is 0 Å². The molecule has 2 unspecified atom stereocenters. The highest BCUT2D eigenvalue weighted by Crippen LogP contribution is 2.59. The second-order valence-corrected chi connectivity index (χ2v) is 7.03. The van der Waals surface area contributed by atoms with Crippen molar-refractivity contribution < 1.29 is 4.79 Å². The van der Waals surface area contributed by atoms with E-state index in [9.17, 15) is 4.79 Å². The summed E-state index contributed by atoms with van der Waals surface area (Å²) in [5, 5.41) is 2.99. The molecule has 1 N–H and O–H groups in total. The first-order valence-corrected chi connectivity index (χ1v) is 6.16. The highest BCUT2D eigenvalue weighted by molar-refractivity contribution is 6.55. The van der Waals surface area contributed by atoms with Gasteiger partial charge in [-0.25, -0.2) is 0 Å². The lowest BCUT2D eigenvalue weighted by Crippen LogP contribution is -2.42. The van der Waals surface area contributed by atoms with Crippen LogP contribution in [0.1, 0.15) is 34.6 Å². The SMILES string of the molecule is CC(C)(C)NC(=O)C1C(C=C(Cl)Cl)C1(C)C. The summed E-state index contributed by atoms with van der Waals surface area (Å²) >= 11 is 11.3. The maximum atomic E-state index is 12.0. The molecule has 0 aromatic rings. The van der Waals surface area contributed by atoms with Crippen molar-refractivity contribution in [1.29, 1.82) is 0 Å². The van der Waals surface area contributed by atoms with Gasteiger partial charge in [-0.1, -0.05) is 37.0 Å². The molecule has 0 bridgehead atoms. The largest absolute Gasteiger partial charge is 0.351 e. The third-order valence-electron chi connectivity index (χ3n) is 3.00. The zero-order chi connectivity index (χ0) is 12.7. The molecule has 0 aromatic heterocycles. The van der Waals surface area contributed by atoms with Crippen LogP contribution >= 0.6 is 23.2 Å². The van der Waals surface area contributed by atoms with Gasteiger partial charge in [-0.3, -0.25) is 4.79 Å². The Balaban J connectivity index is 2.70. The third kappa shape index (κ3) is 3.14. The molecule has 1 fully saturated rings. The molecule has 4 heteroatoms. The van der Waals surface area contributed by atoms with Gasteiger partial charge in [0.2, 0.25) is 5.91 Å². The average molecular weight is 264 g/mol. The number of allylic oxidation sites excluding steroid dienone is 1. The molecule has 1 rings (SSSR count). The fourth-order valence-electron chi connectivity index (χ4n) is 2.07. The number of nitrogens with one attached hydrogen (secondary N) is 1. The normalized spacial score (nSPS) is 27.2. The second kappa shape index (κ2) is 4.23. The minimum atomic E-state index is -0.200. The molecule has 2 atom stereocenters. The Morgan fingerprint density at radius 2 is 1.81 bits per heavy atom. The van der Waals surface area contributed by atoms with Gasteiger partial charge < -0.3 is 5.32 Å². The quantitative estimate of drug-likeness (QED) is 0.812. The van der Waals surface area contributed by atoms with E-state index in [1.807, 2.05) is 20.8 Å². The van der Waals surface area contributed by atoms with Gasteiger partial charge in [-0.05, 0) is 38.2 Å². The molecule has 0 spiro atoms. The summed E-state index contributed by atoms with van der Waals surface area (Å²) in [6.45, 7) is 10.0. The molecule has 1 saturated carbocycles. The van der Waals surface area contributed by atoms with E-state index in [-0.39, 0.29) is 33.2 Å². The van der Waals surface area contributed by atoms with Crippen molar-refractivity contribution in [2.45, 2.75) is 40.2 Å². The van der Waals surface area contributed by atoms with E-state index < -0.39 is 0 Å². The molecule has 2 nitrogen and oxygen atoms in total. The Kier molecular flexibility index (Phi) is 3.66. The number of halogens is 2. The van der Waals surface area contributed by atoms with Gasteiger partial charge in [-0.15, -0.1) is 0 Å². The number of amides is 1. The van der Waals surface area contributed by atoms with Crippen molar-refractivity contribution in [3.8, 4) is 0 Å². The minimum absolute atomic E-state index is 0.0285. The summed E-state index contributed by atoms with van der Waals surface area (Å²) in [5.41, 5.74) is -0.251. The molecule has 92 valence electrons. The third-order valence-corrected chi connectivity index (χ3v) is 3.25. The summed E-state index contributed by atoms with van der Waals surface area (Å²) in [6.07, 6.45) is 1.76. The Hall–Kier alpha value is -0.210. The van der Waals surface area contributed by atoms with E-state index in [4.69, 9.17) is 23.2 Å². The molecular formula is C12H19Cl2NO. The van der Waals surface area contributed by atoms with Gasteiger partial charge in [0.05, 0.1) is 5.92 Å². The molecule has 16 heavy (non-hydrogen) atoms. The lowest BCUT2D eigenvalue weighted by atomic mass is 10.1. The molecule has 0 aliphatic heterocycles. The predicted molar refractivity (Wildman–Crippen MR) is 68.4 cm³/mol. The number of rotatable bonds is 2. The average Bonchev–Trinajstić information content (AvgIpc) is 2.47. The molecule has 1 aliphatic rings. The summed E-state index contributed by atoms with van der Waals surface area (Å²) < 4.78 is 0.240. The van der Waals surface area contributed by atoms with Crippen LogP contribution in [-0.4, -0.2) is 11.4 Å². The first kappa shape index (κ1) is 13.9. The van der Waals surface area contributed by atoms with E-state index in [2.05, 4.69) is 19.2 Å². The van der Waals surface area contributed by atoms with Gasteiger partial charge in [-0.2, -0.15) is 0 Å². The first-order chi connectivity index (χ1) is 7.05. The summed E-state index contributed by atoms with van der Waals surface area (Å²) in [5.74, 6) is 0.187. The smallest absolute Gasteiger partial charge is 0.224 e. The van der Waals surface area contributed by atoms with Gasteiger partial charge in [0, 0.05) is 5.54 Å². The van der Waals surface area contributed by atoms with Crippen molar-refractivity contribution >= 4 is 29.1 Å². The van der Waals surface area contributed by atoms with Crippen LogP contribution in [0.4, 0.5) is 0 Å². The van der Waals surface area contributed by atoms with Crippen LogP contribution < -0.4 is 5.32 Å². The topological polar surface area (TPSA) is 29.1 Å². The number of carbonyl (C=O) groups excluding carboxylic acids is 1. The molecule has 0 aromatic carbocycles. The van der Waals surface area contributed by atoms with Crippen molar-refractivity contribution in [3.05, 3.63) is 10.6 Å². The number of hydrogen-bond donors (Lipinski definition) is 1. The second-order valence-electron chi connectivity index (χ2n) is 6.02. The van der Waals surface area contributed by atoms with Crippen LogP contribution in [0.3, 0.4) is 0 Å². The number of carbonyl (C=O) groups is 1. The molecule has 0 radical (unpaired) electrons. The van der Waals surface area contributed by atoms with Gasteiger partial charge in [0.15, 0.2) is 0 Å². The van der Waals surface area contributed by atoms with Crippen molar-refractivity contribution in [2.75, 3.05) is 0 Å². The van der Waals surface area contributed by atoms with Crippen LogP contribution in [0.15, 0.2) is 10.6 Å². The van der Waals surface area contributed by atoms with Crippen molar-refractivity contribution in [2.24, 2.45) is 17.3 Å². The van der Waals surface area contributed by atoms with E-state index >= 15 is 0 Å². The van der Waals surface area contributed by atoms with Gasteiger partial charge >= 0.3 is 0 Å². The Labute approximate surface area is 107 Å². The molecule has 1 aliphatic carbocycles. The fourth-order valence-corrected chi connectivity index (χ4v) is 2.34. The van der Waals surface area contributed by atoms with Crippen LogP contribution in [0.2, 0.25) is 0 Å². The van der Waals surface area contributed by atoms with Crippen LogP contribution in [-0.2, 0) is 4.79 Å². The van der Waals surface area contributed by atoms with Crippen LogP contribution in [0.25, 0.3) is 0 Å². The first-order valence-electron chi connectivity index (χ1n) is 5.40. The standard InChI is InChI=1S/C12H19Cl2NO/c1-11(2,3)15-10(16)9-7(6-8(13)14)12(9,4)5/h6-7,9H,1-5H3,(H,15,16). The van der Waals surface area contributed by atoms with E-state index in [1.54, 1.807) is 6.08 Å². The van der Waals surface area contributed by atoms with E-state index in [0.29, 0.717) is 0 Å². The summed E-state index contributed by atoms with van der Waals surface area (Å²) in [7, 11) is 0. The number of hydrogen-bond acceptors (Lipinski definition) is 1. The molecular weight excluding hydrogens is 245 g/mol. The lowest BCUT2D eigenvalue weighted by molar-refractivity contribution is -0.124. The van der Waals surface area contributed by atoms with E-state index in [1.165, 1.54) is 0 Å². The van der Waals surface area contributed by atoms with Crippen molar-refractivity contribution in [3.63, 3.8) is 0 Å².